The van der Waals surface area contributed by atoms with Gasteiger partial charge in [-0.3, -0.25) is 9.48 Å². The Hall–Kier alpha value is -5.09. The topological polar surface area (TPSA) is 143 Å². The van der Waals surface area contributed by atoms with Crippen molar-refractivity contribution in [2.24, 2.45) is 23.7 Å². The van der Waals surface area contributed by atoms with Crippen LogP contribution in [0.5, 0.6) is 0 Å². The van der Waals surface area contributed by atoms with Crippen LogP contribution in [0.1, 0.15) is 22.9 Å². The fourth-order valence-corrected chi connectivity index (χ4v) is 4.36. The van der Waals surface area contributed by atoms with Crippen LogP contribution in [0.2, 0.25) is 0 Å². The maximum atomic E-state index is 13.4. The zero-order valence-corrected chi connectivity index (χ0v) is 19.0. The van der Waals surface area contributed by atoms with Crippen LogP contribution in [0.15, 0.2) is 70.5 Å². The standard InChI is InChI=1S/C25H21N9O/c1-15-20(25(35)34(32(15)2)17-11-7-4-8-12-17)29-23-19(14-27)24-30-22(28)18(13-26)21(33(24)31-23)16-9-5-3-6-10-16/h3-12,18,21H,1-2H3,(H2,28,30)(H,29,31). The number of hydrogen-bond acceptors (Lipinski definition) is 7. The number of anilines is 2. The van der Waals surface area contributed by atoms with Gasteiger partial charge in [-0.1, -0.05) is 48.5 Å². The van der Waals surface area contributed by atoms with Crippen molar-refractivity contribution in [3.63, 3.8) is 0 Å². The van der Waals surface area contributed by atoms with Crippen molar-refractivity contribution in [1.82, 2.24) is 19.1 Å². The second kappa shape index (κ2) is 8.36. The Morgan fingerprint density at radius 3 is 2.34 bits per heavy atom. The summed E-state index contributed by atoms with van der Waals surface area (Å²) in [6.45, 7) is 1.81. The molecule has 172 valence electrons. The third kappa shape index (κ3) is 3.36. The zero-order valence-electron chi connectivity index (χ0n) is 19.0. The minimum Gasteiger partial charge on any atom is -0.386 e. The molecular formula is C25H21N9O. The fourth-order valence-electron chi connectivity index (χ4n) is 4.36. The summed E-state index contributed by atoms with van der Waals surface area (Å²) < 4.78 is 4.81. The number of aromatic nitrogens is 4. The Bertz CT molecular complexity index is 1590. The number of hydrogen-bond donors (Lipinski definition) is 2. The lowest BCUT2D eigenvalue weighted by Crippen LogP contribution is -2.35. The van der Waals surface area contributed by atoms with Crippen molar-refractivity contribution in [3.8, 4) is 17.8 Å². The Kier molecular flexibility index (Phi) is 5.19. The summed E-state index contributed by atoms with van der Waals surface area (Å²) in [5.74, 6) is -0.244. The summed E-state index contributed by atoms with van der Waals surface area (Å²) in [5.41, 5.74) is 8.46. The quantitative estimate of drug-likeness (QED) is 0.476. The van der Waals surface area contributed by atoms with Crippen LogP contribution >= 0.6 is 0 Å². The lowest BCUT2D eigenvalue weighted by Gasteiger charge is -2.27. The third-order valence-corrected chi connectivity index (χ3v) is 6.21. The second-order valence-electron chi connectivity index (χ2n) is 8.16. The molecule has 0 aliphatic carbocycles. The Labute approximate surface area is 200 Å². The maximum Gasteiger partial charge on any atom is 0.295 e. The molecule has 0 amide bonds. The highest BCUT2D eigenvalue weighted by Gasteiger charge is 2.37. The van der Waals surface area contributed by atoms with E-state index in [-0.39, 0.29) is 34.3 Å². The number of rotatable bonds is 4. The van der Waals surface area contributed by atoms with E-state index in [1.807, 2.05) is 60.7 Å². The van der Waals surface area contributed by atoms with Gasteiger partial charge in [-0.15, -0.1) is 0 Å². The molecule has 35 heavy (non-hydrogen) atoms. The number of aliphatic imine (C=N–C) groups is 1. The first kappa shape index (κ1) is 21.7. The molecule has 2 unspecified atom stereocenters. The van der Waals surface area contributed by atoms with E-state index >= 15 is 0 Å². The van der Waals surface area contributed by atoms with Gasteiger partial charge >= 0.3 is 0 Å². The number of nitriles is 2. The van der Waals surface area contributed by atoms with E-state index in [2.05, 4.69) is 27.5 Å². The minimum atomic E-state index is -0.766. The molecule has 10 heteroatoms. The molecule has 0 fully saturated rings. The highest BCUT2D eigenvalue weighted by molar-refractivity contribution is 5.90. The summed E-state index contributed by atoms with van der Waals surface area (Å²) in [6.07, 6.45) is 0. The Balaban J connectivity index is 1.66. The van der Waals surface area contributed by atoms with Crippen molar-refractivity contribution in [3.05, 3.63) is 87.8 Å². The van der Waals surface area contributed by atoms with Crippen LogP contribution in [0.4, 0.5) is 17.3 Å². The molecule has 0 bridgehead atoms. The molecule has 3 N–H and O–H groups in total. The summed E-state index contributed by atoms with van der Waals surface area (Å²) in [6, 6.07) is 22.4. The molecule has 1 aliphatic heterocycles. The first-order chi connectivity index (χ1) is 17.0. The second-order valence-corrected chi connectivity index (χ2v) is 8.16. The van der Waals surface area contributed by atoms with Crippen LogP contribution in [0.25, 0.3) is 5.69 Å². The Morgan fingerprint density at radius 1 is 1.06 bits per heavy atom. The number of nitrogens with two attached hydrogens (primary N) is 1. The van der Waals surface area contributed by atoms with Gasteiger partial charge < -0.3 is 11.1 Å². The molecule has 0 saturated carbocycles. The molecule has 2 aromatic carbocycles. The normalized spacial score (nSPS) is 16.6. The summed E-state index contributed by atoms with van der Waals surface area (Å²) in [5, 5.41) is 27.5. The van der Waals surface area contributed by atoms with Gasteiger partial charge in [0.25, 0.3) is 5.56 Å². The zero-order chi connectivity index (χ0) is 24.7. The van der Waals surface area contributed by atoms with Gasteiger partial charge in [0.1, 0.15) is 35.1 Å². The molecule has 2 aromatic heterocycles. The molecule has 0 radical (unpaired) electrons. The van der Waals surface area contributed by atoms with Crippen molar-refractivity contribution in [2.75, 3.05) is 5.32 Å². The number of nitrogens with zero attached hydrogens (tertiary/aromatic N) is 7. The molecule has 10 nitrogen and oxygen atoms in total. The molecular weight excluding hydrogens is 442 g/mol. The summed E-state index contributed by atoms with van der Waals surface area (Å²) >= 11 is 0. The van der Waals surface area contributed by atoms with E-state index in [0.29, 0.717) is 11.4 Å². The van der Waals surface area contributed by atoms with Crippen LogP contribution in [0, 0.1) is 35.5 Å². The van der Waals surface area contributed by atoms with Crippen LogP contribution in [0.3, 0.4) is 0 Å². The lowest BCUT2D eigenvalue weighted by molar-refractivity contribution is 0.476. The number of para-hydroxylation sites is 1. The smallest absolute Gasteiger partial charge is 0.295 e. The lowest BCUT2D eigenvalue weighted by atomic mass is 9.92. The molecule has 1 aliphatic rings. The predicted molar refractivity (Wildman–Crippen MR) is 131 cm³/mol. The maximum absolute atomic E-state index is 13.4. The van der Waals surface area contributed by atoms with Crippen molar-refractivity contribution >= 4 is 23.2 Å². The number of amidine groups is 1. The van der Waals surface area contributed by atoms with Gasteiger partial charge in [0.05, 0.1) is 17.5 Å². The number of nitrogens with one attached hydrogen (secondary N) is 1. The summed E-state index contributed by atoms with van der Waals surface area (Å²) in [7, 11) is 1.78. The largest absolute Gasteiger partial charge is 0.386 e. The van der Waals surface area contributed by atoms with Crippen molar-refractivity contribution in [1.29, 1.82) is 10.5 Å². The molecule has 2 atom stereocenters. The molecule has 0 spiro atoms. The van der Waals surface area contributed by atoms with Gasteiger partial charge in [0.15, 0.2) is 11.6 Å². The SMILES string of the molecule is Cc1c(Nc2nn3c(c2C#N)N=C(N)C(C#N)C3c2ccccc2)c(=O)n(-c2ccccc2)n1C. The first-order valence-corrected chi connectivity index (χ1v) is 10.9. The molecule has 5 rings (SSSR count). The van der Waals surface area contributed by atoms with Gasteiger partial charge in [0, 0.05) is 7.05 Å². The van der Waals surface area contributed by atoms with E-state index in [9.17, 15) is 15.3 Å². The van der Waals surface area contributed by atoms with E-state index < -0.39 is 12.0 Å². The minimum absolute atomic E-state index is 0.110. The highest BCUT2D eigenvalue weighted by atomic mass is 16.1. The predicted octanol–water partition coefficient (Wildman–Crippen LogP) is 3.03. The van der Waals surface area contributed by atoms with Gasteiger partial charge in [-0.2, -0.15) is 15.6 Å². The van der Waals surface area contributed by atoms with Crippen LogP contribution < -0.4 is 16.6 Å². The molecule has 0 saturated heterocycles. The third-order valence-electron chi connectivity index (χ3n) is 6.21. The van der Waals surface area contributed by atoms with Gasteiger partial charge in [-0.05, 0) is 24.6 Å². The van der Waals surface area contributed by atoms with E-state index in [1.54, 1.807) is 18.7 Å². The van der Waals surface area contributed by atoms with Crippen LogP contribution in [-0.2, 0) is 7.05 Å². The van der Waals surface area contributed by atoms with Crippen LogP contribution in [-0.4, -0.2) is 25.0 Å². The number of benzene rings is 2. The highest BCUT2D eigenvalue weighted by Crippen LogP contribution is 2.39. The van der Waals surface area contributed by atoms with E-state index in [0.717, 1.165) is 5.56 Å². The van der Waals surface area contributed by atoms with E-state index in [1.165, 1.54) is 9.36 Å². The van der Waals surface area contributed by atoms with Crippen molar-refractivity contribution < 1.29 is 0 Å². The monoisotopic (exact) mass is 463 g/mol. The van der Waals surface area contributed by atoms with E-state index in [4.69, 9.17) is 5.73 Å². The average Bonchev–Trinajstić information content (AvgIpc) is 3.32. The average molecular weight is 464 g/mol. The first-order valence-electron chi connectivity index (χ1n) is 10.9. The van der Waals surface area contributed by atoms with Gasteiger partial charge in [-0.25, -0.2) is 14.4 Å². The Morgan fingerprint density at radius 2 is 1.71 bits per heavy atom. The number of fused-ring (bicyclic) bond motifs is 1. The fraction of sp³-hybridized carbons (Fsp3) is 0.160. The van der Waals surface area contributed by atoms with Crippen molar-refractivity contribution in [2.45, 2.75) is 13.0 Å². The molecule has 4 aromatic rings. The van der Waals surface area contributed by atoms with Gasteiger partial charge in [0.2, 0.25) is 0 Å². The summed E-state index contributed by atoms with van der Waals surface area (Å²) in [4.78, 5) is 17.7. The molecule has 3 heterocycles.